The van der Waals surface area contributed by atoms with Crippen molar-refractivity contribution in [2.24, 2.45) is 11.8 Å². The molecule has 2 heterocycles. The van der Waals surface area contributed by atoms with Crippen LogP contribution in [0, 0.1) is 11.8 Å². The molecule has 1 aromatic carbocycles. The highest BCUT2D eigenvalue weighted by Crippen LogP contribution is 2.36. The number of hydrogen-bond acceptors (Lipinski definition) is 4. The Kier molecular flexibility index (Phi) is 4.74. The first kappa shape index (κ1) is 16.2. The van der Waals surface area contributed by atoms with Gasteiger partial charge in [-0.1, -0.05) is 30.3 Å². The molecule has 0 bridgehead atoms. The van der Waals surface area contributed by atoms with E-state index < -0.39 is 0 Å². The van der Waals surface area contributed by atoms with Crippen molar-refractivity contribution in [1.29, 1.82) is 0 Å². The molecule has 3 atom stereocenters. The topological polar surface area (TPSA) is 58.1 Å². The van der Waals surface area contributed by atoms with E-state index in [0.717, 1.165) is 31.8 Å². The molecule has 1 aliphatic heterocycles. The van der Waals surface area contributed by atoms with Crippen molar-refractivity contribution in [3.8, 4) is 0 Å². The lowest BCUT2D eigenvalue weighted by Crippen LogP contribution is -2.40. The number of hydrogen-bond donors (Lipinski definition) is 1. The molecular formula is C20H24N4O. The molecule has 5 nitrogen and oxygen atoms in total. The molecule has 25 heavy (non-hydrogen) atoms. The van der Waals surface area contributed by atoms with Gasteiger partial charge in [-0.2, -0.15) is 0 Å². The van der Waals surface area contributed by atoms with Crippen molar-refractivity contribution >= 4 is 5.91 Å². The Morgan fingerprint density at radius 3 is 2.64 bits per heavy atom. The molecule has 1 saturated heterocycles. The number of amides is 1. The zero-order valence-corrected chi connectivity index (χ0v) is 14.3. The van der Waals surface area contributed by atoms with Gasteiger partial charge in [0.05, 0.1) is 5.56 Å². The molecule has 1 unspecified atom stereocenters. The minimum atomic E-state index is -0.0526. The molecule has 130 valence electrons. The first-order valence-corrected chi connectivity index (χ1v) is 9.10. The minimum Gasteiger partial charge on any atom is -0.349 e. The van der Waals surface area contributed by atoms with Crippen molar-refractivity contribution < 1.29 is 4.79 Å². The fourth-order valence-electron chi connectivity index (χ4n) is 4.32. The quantitative estimate of drug-likeness (QED) is 0.932. The van der Waals surface area contributed by atoms with Crippen LogP contribution < -0.4 is 5.32 Å². The lowest BCUT2D eigenvalue weighted by atomic mass is 9.79. The molecule has 2 aliphatic rings. The van der Waals surface area contributed by atoms with Crippen molar-refractivity contribution in [1.82, 2.24) is 20.2 Å². The van der Waals surface area contributed by atoms with Gasteiger partial charge in [-0.05, 0) is 36.7 Å². The predicted octanol–water partition coefficient (Wildman–Crippen LogP) is 2.51. The summed E-state index contributed by atoms with van der Waals surface area (Å²) in [5, 5.41) is 3.17. The maximum atomic E-state index is 12.3. The summed E-state index contributed by atoms with van der Waals surface area (Å²) in [5.74, 6) is 1.41. The summed E-state index contributed by atoms with van der Waals surface area (Å²) in [5.41, 5.74) is 1.93. The van der Waals surface area contributed by atoms with Gasteiger partial charge >= 0.3 is 0 Å². The van der Waals surface area contributed by atoms with Gasteiger partial charge in [0.15, 0.2) is 0 Å². The first-order valence-electron chi connectivity index (χ1n) is 9.10. The van der Waals surface area contributed by atoms with E-state index in [1.807, 2.05) is 0 Å². The van der Waals surface area contributed by atoms with Crippen LogP contribution in [0.25, 0.3) is 0 Å². The van der Waals surface area contributed by atoms with E-state index in [1.165, 1.54) is 24.9 Å². The number of fused-ring (bicyclic) bond motifs is 1. The Balaban J connectivity index is 1.32. The SMILES string of the molecule is O=C(NC1CC[C@@H]2CN(Cc3ccccc3)C[C@@H]2C1)c1cncnc1. The Morgan fingerprint density at radius 2 is 1.84 bits per heavy atom. The Morgan fingerprint density at radius 1 is 1.08 bits per heavy atom. The lowest BCUT2D eigenvalue weighted by molar-refractivity contribution is 0.0913. The fraction of sp³-hybridized carbons (Fsp3) is 0.450. The molecule has 1 aromatic heterocycles. The summed E-state index contributed by atoms with van der Waals surface area (Å²) in [6.45, 7) is 3.36. The lowest BCUT2D eigenvalue weighted by Gasteiger charge is -2.31. The van der Waals surface area contributed by atoms with E-state index in [9.17, 15) is 4.79 Å². The normalized spacial score (nSPS) is 26.2. The van der Waals surface area contributed by atoms with Crippen molar-refractivity contribution in [2.45, 2.75) is 31.8 Å². The molecule has 1 N–H and O–H groups in total. The Bertz CT molecular complexity index is 706. The monoisotopic (exact) mass is 336 g/mol. The Labute approximate surface area is 148 Å². The summed E-state index contributed by atoms with van der Waals surface area (Å²) >= 11 is 0. The molecule has 2 aromatic rings. The van der Waals surface area contributed by atoms with E-state index in [2.05, 4.69) is 50.5 Å². The average molecular weight is 336 g/mol. The summed E-state index contributed by atoms with van der Waals surface area (Å²) < 4.78 is 0. The van der Waals surface area contributed by atoms with Crippen LogP contribution >= 0.6 is 0 Å². The Hall–Kier alpha value is -2.27. The molecule has 2 fully saturated rings. The minimum absolute atomic E-state index is 0.0526. The zero-order valence-electron chi connectivity index (χ0n) is 14.3. The standard InChI is InChI=1S/C20H24N4O/c25-20(18-9-21-14-22-10-18)23-19-7-6-16-12-24(13-17(16)8-19)11-15-4-2-1-3-5-15/h1-5,9-10,14,16-17,19H,6-8,11-13H2,(H,23,25)/t16-,17+,19?/m1/s1. The fourth-order valence-corrected chi connectivity index (χ4v) is 4.32. The largest absolute Gasteiger partial charge is 0.349 e. The third kappa shape index (κ3) is 3.87. The van der Waals surface area contributed by atoms with E-state index >= 15 is 0 Å². The molecule has 1 aliphatic carbocycles. The van der Waals surface area contributed by atoms with Gasteiger partial charge < -0.3 is 5.32 Å². The van der Waals surface area contributed by atoms with Crippen LogP contribution in [0.5, 0.6) is 0 Å². The maximum Gasteiger partial charge on any atom is 0.254 e. The van der Waals surface area contributed by atoms with Gasteiger partial charge in [0.25, 0.3) is 5.91 Å². The van der Waals surface area contributed by atoms with Crippen LogP contribution in [0.3, 0.4) is 0 Å². The van der Waals surface area contributed by atoms with Crippen LogP contribution in [0.2, 0.25) is 0 Å². The van der Waals surface area contributed by atoms with Gasteiger partial charge in [-0.15, -0.1) is 0 Å². The first-order chi connectivity index (χ1) is 12.3. The third-order valence-corrected chi connectivity index (χ3v) is 5.53. The van der Waals surface area contributed by atoms with Crippen molar-refractivity contribution in [3.05, 3.63) is 60.2 Å². The number of carbonyl (C=O) groups excluding carboxylic acids is 1. The second kappa shape index (κ2) is 7.31. The predicted molar refractivity (Wildman–Crippen MR) is 95.8 cm³/mol. The van der Waals surface area contributed by atoms with Crippen LogP contribution in [0.1, 0.15) is 35.2 Å². The van der Waals surface area contributed by atoms with E-state index in [4.69, 9.17) is 0 Å². The van der Waals surface area contributed by atoms with Gasteiger partial charge in [0.1, 0.15) is 6.33 Å². The van der Waals surface area contributed by atoms with Gasteiger partial charge in [0.2, 0.25) is 0 Å². The highest BCUT2D eigenvalue weighted by atomic mass is 16.1. The second-order valence-electron chi connectivity index (χ2n) is 7.31. The molecule has 0 radical (unpaired) electrons. The smallest absolute Gasteiger partial charge is 0.254 e. The van der Waals surface area contributed by atoms with E-state index in [1.54, 1.807) is 12.4 Å². The molecule has 1 saturated carbocycles. The number of nitrogens with zero attached hydrogens (tertiary/aromatic N) is 3. The number of aromatic nitrogens is 2. The van der Waals surface area contributed by atoms with Gasteiger partial charge in [-0.3, -0.25) is 9.69 Å². The third-order valence-electron chi connectivity index (χ3n) is 5.53. The van der Waals surface area contributed by atoms with Crippen LogP contribution in [0.15, 0.2) is 49.1 Å². The van der Waals surface area contributed by atoms with Crippen LogP contribution in [0.4, 0.5) is 0 Å². The zero-order chi connectivity index (χ0) is 17.1. The summed E-state index contributed by atoms with van der Waals surface area (Å²) in [6.07, 6.45) is 7.94. The number of likely N-dealkylation sites (tertiary alicyclic amines) is 1. The van der Waals surface area contributed by atoms with Crippen LogP contribution in [-0.2, 0) is 6.54 Å². The average Bonchev–Trinajstić information content (AvgIpc) is 3.04. The summed E-state index contributed by atoms with van der Waals surface area (Å²) in [7, 11) is 0. The molecule has 5 heteroatoms. The van der Waals surface area contributed by atoms with E-state index in [0.29, 0.717) is 11.5 Å². The van der Waals surface area contributed by atoms with Gasteiger partial charge in [0, 0.05) is 38.1 Å². The number of benzene rings is 1. The summed E-state index contributed by atoms with van der Waals surface area (Å²) in [6, 6.07) is 11.0. The number of rotatable bonds is 4. The highest BCUT2D eigenvalue weighted by molar-refractivity contribution is 5.93. The summed E-state index contributed by atoms with van der Waals surface area (Å²) in [4.78, 5) is 22.7. The number of nitrogens with one attached hydrogen (secondary N) is 1. The molecule has 1 amide bonds. The second-order valence-corrected chi connectivity index (χ2v) is 7.31. The molecule has 4 rings (SSSR count). The number of carbonyl (C=O) groups is 1. The van der Waals surface area contributed by atoms with Crippen molar-refractivity contribution in [3.63, 3.8) is 0 Å². The maximum absolute atomic E-state index is 12.3. The van der Waals surface area contributed by atoms with Crippen LogP contribution in [-0.4, -0.2) is 39.9 Å². The molecular weight excluding hydrogens is 312 g/mol. The van der Waals surface area contributed by atoms with Gasteiger partial charge in [-0.25, -0.2) is 9.97 Å². The van der Waals surface area contributed by atoms with E-state index in [-0.39, 0.29) is 11.9 Å². The van der Waals surface area contributed by atoms with Crippen molar-refractivity contribution in [2.75, 3.05) is 13.1 Å². The highest BCUT2D eigenvalue weighted by Gasteiger charge is 2.37. The molecule has 0 spiro atoms.